The molecule has 0 radical (unpaired) electrons. The Balaban J connectivity index is 1.75. The number of phenols is 1. The van der Waals surface area contributed by atoms with Gasteiger partial charge < -0.3 is 24.9 Å². The maximum Gasteiger partial charge on any atom is 0.407 e. The second-order valence-electron chi connectivity index (χ2n) is 7.90. The summed E-state index contributed by atoms with van der Waals surface area (Å²) in [5, 5.41) is 20.2. The molecule has 1 atom stereocenters. The molecule has 0 unspecified atom stereocenters. The predicted octanol–water partition coefficient (Wildman–Crippen LogP) is 4.20. The molecule has 11 heteroatoms. The smallest absolute Gasteiger partial charge is 0.407 e. The molecule has 2 aliphatic heterocycles. The van der Waals surface area contributed by atoms with Crippen LogP contribution in [-0.4, -0.2) is 64.8 Å². The summed E-state index contributed by atoms with van der Waals surface area (Å²) in [5.41, 5.74) is 0.995. The predicted molar refractivity (Wildman–Crippen MR) is 123 cm³/mol. The molecule has 3 aromatic rings. The minimum absolute atomic E-state index is 0.00497. The summed E-state index contributed by atoms with van der Waals surface area (Å²) in [5.74, 6) is -1.27. The van der Waals surface area contributed by atoms with Gasteiger partial charge >= 0.3 is 6.09 Å². The number of phenolic OH excluding ortho intramolecular Hbond substituents is 1. The summed E-state index contributed by atoms with van der Waals surface area (Å²) in [4.78, 5) is 33.1. The van der Waals surface area contributed by atoms with Gasteiger partial charge in [0.15, 0.2) is 5.82 Å². The van der Waals surface area contributed by atoms with Gasteiger partial charge in [0.1, 0.15) is 17.3 Å². The second kappa shape index (κ2) is 7.64. The monoisotopic (exact) mass is 490 g/mol. The van der Waals surface area contributed by atoms with Gasteiger partial charge in [-0.2, -0.15) is 0 Å². The van der Waals surface area contributed by atoms with Crippen LogP contribution in [0.4, 0.5) is 20.6 Å². The van der Waals surface area contributed by atoms with Gasteiger partial charge in [0.05, 0.1) is 34.2 Å². The fourth-order valence-corrected chi connectivity index (χ4v) is 5.11. The van der Waals surface area contributed by atoms with Crippen molar-refractivity contribution in [2.24, 2.45) is 0 Å². The molecule has 2 N–H and O–H groups in total. The molecule has 1 saturated heterocycles. The topological polar surface area (TPSA) is 97.2 Å². The number of rotatable bonds is 1. The highest BCUT2D eigenvalue weighted by Gasteiger charge is 2.42. The van der Waals surface area contributed by atoms with Crippen LogP contribution in [0, 0.1) is 5.82 Å². The lowest BCUT2D eigenvalue weighted by atomic mass is 9.97. The summed E-state index contributed by atoms with van der Waals surface area (Å²) in [6.45, 7) is 0.423. The number of carbonyl (C=O) groups is 2. The zero-order chi connectivity index (χ0) is 23.6. The second-order valence-corrected chi connectivity index (χ2v) is 8.72. The van der Waals surface area contributed by atoms with Crippen LogP contribution < -0.4 is 9.80 Å². The summed E-state index contributed by atoms with van der Waals surface area (Å²) >= 11 is 12.7. The van der Waals surface area contributed by atoms with Crippen LogP contribution in [0.15, 0.2) is 30.5 Å². The highest BCUT2D eigenvalue weighted by molar-refractivity contribution is 6.37. The van der Waals surface area contributed by atoms with Crippen LogP contribution in [-0.2, 0) is 4.79 Å². The average molecular weight is 491 g/mol. The Morgan fingerprint density at radius 1 is 1.21 bits per heavy atom. The lowest BCUT2D eigenvalue weighted by molar-refractivity contribution is -0.120. The SMILES string of the molecule is CN1C(=O)[C@H]2CN(C(=O)O)CCN2c2c1cnc1c(F)c(-c3c(O)cccc3Cl)c(Cl)cc21. The van der Waals surface area contributed by atoms with E-state index in [-0.39, 0.29) is 58.0 Å². The molecule has 0 saturated carbocycles. The van der Waals surface area contributed by atoms with E-state index in [0.717, 1.165) is 0 Å². The van der Waals surface area contributed by atoms with Crippen molar-refractivity contribution in [3.63, 3.8) is 0 Å². The highest BCUT2D eigenvalue weighted by Crippen LogP contribution is 2.47. The van der Waals surface area contributed by atoms with Crippen molar-refractivity contribution < 1.29 is 24.2 Å². The first-order valence-corrected chi connectivity index (χ1v) is 10.8. The van der Waals surface area contributed by atoms with Gasteiger partial charge in [0.25, 0.3) is 5.91 Å². The standard InChI is InChI=1S/C22H17Cl2FN4O4/c1-27-13-8-26-19-10(20(13)29-6-5-28(22(32)33)9-14(29)21(27)31)7-12(24)17(18(19)25)16-11(23)3-2-4-15(16)30/h2-4,7-8,14,30H,5-6,9H2,1H3,(H,32,33)/t14-/m1/s1. The normalized spacial score (nSPS) is 17.9. The van der Waals surface area contributed by atoms with Crippen molar-refractivity contribution in [1.82, 2.24) is 9.88 Å². The van der Waals surface area contributed by atoms with Gasteiger partial charge in [-0.3, -0.25) is 9.78 Å². The van der Waals surface area contributed by atoms with Crippen molar-refractivity contribution in [2.75, 3.05) is 36.5 Å². The lowest BCUT2D eigenvalue weighted by Gasteiger charge is -2.46. The zero-order valence-electron chi connectivity index (χ0n) is 17.2. The van der Waals surface area contributed by atoms with E-state index >= 15 is 4.39 Å². The number of nitrogens with zero attached hydrogens (tertiary/aromatic N) is 4. The Kier molecular flexibility index (Phi) is 4.98. The number of hydrogen-bond acceptors (Lipinski definition) is 5. The molecule has 8 nitrogen and oxygen atoms in total. The number of benzene rings is 2. The number of halogens is 3. The fourth-order valence-electron chi connectivity index (χ4n) is 4.55. The van der Waals surface area contributed by atoms with Crippen molar-refractivity contribution in [2.45, 2.75) is 6.04 Å². The largest absolute Gasteiger partial charge is 0.507 e. The van der Waals surface area contributed by atoms with Crippen molar-refractivity contribution in [3.8, 4) is 16.9 Å². The molecule has 0 aliphatic carbocycles. The van der Waals surface area contributed by atoms with Crippen LogP contribution in [0.2, 0.25) is 10.0 Å². The molecular weight excluding hydrogens is 474 g/mol. The van der Waals surface area contributed by atoms with Crippen LogP contribution in [0.3, 0.4) is 0 Å². The molecule has 170 valence electrons. The van der Waals surface area contributed by atoms with Crippen LogP contribution in [0.1, 0.15) is 0 Å². The zero-order valence-corrected chi connectivity index (χ0v) is 18.7. The maximum absolute atomic E-state index is 15.8. The molecule has 33 heavy (non-hydrogen) atoms. The number of piperazine rings is 1. The molecular formula is C22H17Cl2FN4O4. The summed E-state index contributed by atoms with van der Waals surface area (Å²) < 4.78 is 15.8. The number of hydrogen-bond donors (Lipinski definition) is 2. The van der Waals surface area contributed by atoms with E-state index in [9.17, 15) is 19.8 Å². The Bertz CT molecular complexity index is 1330. The first kappa shape index (κ1) is 21.5. The van der Waals surface area contributed by atoms with Crippen LogP contribution in [0.5, 0.6) is 5.75 Å². The van der Waals surface area contributed by atoms with Gasteiger partial charge in [-0.1, -0.05) is 29.3 Å². The third-order valence-corrected chi connectivity index (χ3v) is 6.78. The Labute approximate surface area is 197 Å². The van der Waals surface area contributed by atoms with E-state index in [1.165, 1.54) is 40.3 Å². The summed E-state index contributed by atoms with van der Waals surface area (Å²) in [6.07, 6.45) is 0.302. The first-order chi connectivity index (χ1) is 15.7. The Hall–Kier alpha value is -3.30. The number of aromatic hydroxyl groups is 1. The van der Waals surface area contributed by atoms with Gasteiger partial charge in [-0.25, -0.2) is 9.18 Å². The molecule has 1 aromatic heterocycles. The highest BCUT2D eigenvalue weighted by atomic mass is 35.5. The van der Waals surface area contributed by atoms with Gasteiger partial charge in [0.2, 0.25) is 0 Å². The van der Waals surface area contributed by atoms with Gasteiger partial charge in [-0.05, 0) is 18.2 Å². The van der Waals surface area contributed by atoms with E-state index in [2.05, 4.69) is 4.98 Å². The molecule has 0 spiro atoms. The molecule has 2 aromatic carbocycles. The number of amides is 2. The van der Waals surface area contributed by atoms with E-state index in [1.807, 2.05) is 0 Å². The number of carbonyl (C=O) groups excluding carboxylic acids is 1. The quantitative estimate of drug-likeness (QED) is 0.530. The summed E-state index contributed by atoms with van der Waals surface area (Å²) in [7, 11) is 1.57. The number of anilines is 2. The fraction of sp³-hybridized carbons (Fsp3) is 0.227. The molecule has 5 rings (SSSR count). The van der Waals surface area contributed by atoms with Crippen molar-refractivity contribution >= 4 is 57.5 Å². The maximum atomic E-state index is 15.8. The van der Waals surface area contributed by atoms with E-state index in [0.29, 0.717) is 16.8 Å². The average Bonchev–Trinajstić information content (AvgIpc) is 2.78. The number of fused-ring (bicyclic) bond motifs is 5. The third kappa shape index (κ3) is 3.14. The number of pyridine rings is 1. The molecule has 0 bridgehead atoms. The van der Waals surface area contributed by atoms with E-state index < -0.39 is 18.0 Å². The Morgan fingerprint density at radius 3 is 2.67 bits per heavy atom. The lowest BCUT2D eigenvalue weighted by Crippen LogP contribution is -2.62. The van der Waals surface area contributed by atoms with Gasteiger partial charge in [0, 0.05) is 36.7 Å². The minimum atomic E-state index is -1.10. The van der Waals surface area contributed by atoms with Crippen LogP contribution in [0.25, 0.3) is 22.0 Å². The van der Waals surface area contributed by atoms with E-state index in [1.54, 1.807) is 11.9 Å². The summed E-state index contributed by atoms with van der Waals surface area (Å²) in [6, 6.07) is 5.21. The number of carboxylic acid groups (broad SMARTS) is 1. The van der Waals surface area contributed by atoms with Crippen molar-refractivity contribution in [1.29, 1.82) is 0 Å². The number of aromatic nitrogens is 1. The molecule has 2 aliphatic rings. The first-order valence-electron chi connectivity index (χ1n) is 10.0. The Morgan fingerprint density at radius 2 is 1.97 bits per heavy atom. The molecule has 2 amide bonds. The van der Waals surface area contributed by atoms with Crippen molar-refractivity contribution in [3.05, 3.63) is 46.3 Å². The van der Waals surface area contributed by atoms with E-state index in [4.69, 9.17) is 23.2 Å². The molecule has 1 fully saturated rings. The molecule has 3 heterocycles. The third-order valence-electron chi connectivity index (χ3n) is 6.16. The number of likely N-dealkylation sites (N-methyl/N-ethyl adjacent to an activating group) is 1. The minimum Gasteiger partial charge on any atom is -0.507 e. The van der Waals surface area contributed by atoms with Gasteiger partial charge in [-0.15, -0.1) is 0 Å². The van der Waals surface area contributed by atoms with Crippen LogP contribution >= 0.6 is 23.2 Å².